The van der Waals surface area contributed by atoms with Gasteiger partial charge in [-0.2, -0.15) is 0 Å². The van der Waals surface area contributed by atoms with Crippen molar-refractivity contribution < 1.29 is 19.8 Å². The first-order valence-corrected chi connectivity index (χ1v) is 7.75. The predicted octanol–water partition coefficient (Wildman–Crippen LogP) is 1.27. The largest absolute Gasteiger partial charge is 0.477 e. The van der Waals surface area contributed by atoms with E-state index in [1.165, 1.54) is 6.20 Å². The van der Waals surface area contributed by atoms with Crippen LogP contribution in [0.1, 0.15) is 34.8 Å². The van der Waals surface area contributed by atoms with Gasteiger partial charge in [-0.3, -0.25) is 15.1 Å². The summed E-state index contributed by atoms with van der Waals surface area (Å²) in [4.78, 5) is 29.0. The van der Waals surface area contributed by atoms with Gasteiger partial charge in [0.05, 0.1) is 17.8 Å². The molecule has 0 spiro atoms. The third-order valence-electron chi connectivity index (χ3n) is 4.37. The molecule has 1 fully saturated rings. The van der Waals surface area contributed by atoms with Gasteiger partial charge in [-0.15, -0.1) is 0 Å². The Labute approximate surface area is 136 Å². The highest BCUT2D eigenvalue weighted by molar-refractivity contribution is 5.93. The van der Waals surface area contributed by atoms with Gasteiger partial charge in [0.15, 0.2) is 0 Å². The molecule has 1 atom stereocenters. The molecule has 7 heteroatoms. The number of aromatic carboxylic acids is 1. The van der Waals surface area contributed by atoms with Gasteiger partial charge in [0.1, 0.15) is 11.7 Å². The van der Waals surface area contributed by atoms with Crippen LogP contribution in [0.2, 0.25) is 0 Å². The number of aliphatic hydroxyl groups is 1. The molecule has 1 aliphatic carbocycles. The lowest BCUT2D eigenvalue weighted by Gasteiger charge is -2.13. The Morgan fingerprint density at radius 2 is 2.17 bits per heavy atom. The number of carboxylic acids is 1. The van der Waals surface area contributed by atoms with E-state index in [0.717, 1.165) is 18.4 Å². The third-order valence-corrected chi connectivity index (χ3v) is 4.37. The van der Waals surface area contributed by atoms with E-state index in [1.54, 1.807) is 18.2 Å². The van der Waals surface area contributed by atoms with Gasteiger partial charge in [-0.25, -0.2) is 4.79 Å². The zero-order chi connectivity index (χ0) is 16.8. The molecule has 1 saturated carbocycles. The SMILES string of the molecule is O=C(O)c1cn(C2CC2)c2cc(C3=CC(CO)ON3)ccc2c1=O. The van der Waals surface area contributed by atoms with Crippen LogP contribution in [-0.2, 0) is 4.84 Å². The first-order chi connectivity index (χ1) is 11.6. The number of nitrogens with one attached hydrogen (secondary N) is 1. The zero-order valence-electron chi connectivity index (χ0n) is 12.7. The maximum Gasteiger partial charge on any atom is 0.341 e. The van der Waals surface area contributed by atoms with E-state index in [0.29, 0.717) is 16.6 Å². The highest BCUT2D eigenvalue weighted by atomic mass is 16.7. The monoisotopic (exact) mass is 328 g/mol. The summed E-state index contributed by atoms with van der Waals surface area (Å²) < 4.78 is 1.88. The lowest BCUT2D eigenvalue weighted by atomic mass is 10.1. The molecule has 2 aliphatic rings. The van der Waals surface area contributed by atoms with Gasteiger partial charge in [0, 0.05) is 23.2 Å². The second-order valence-corrected chi connectivity index (χ2v) is 6.07. The molecular weight excluding hydrogens is 312 g/mol. The van der Waals surface area contributed by atoms with Gasteiger partial charge in [-0.1, -0.05) is 6.07 Å². The normalized spacial score (nSPS) is 20.0. The third kappa shape index (κ3) is 2.38. The van der Waals surface area contributed by atoms with Crippen molar-refractivity contribution in [1.29, 1.82) is 0 Å². The Balaban J connectivity index is 1.90. The number of pyridine rings is 1. The molecule has 1 unspecified atom stereocenters. The summed E-state index contributed by atoms with van der Waals surface area (Å²) in [7, 11) is 0. The minimum atomic E-state index is -1.21. The van der Waals surface area contributed by atoms with Crippen molar-refractivity contribution in [1.82, 2.24) is 10.0 Å². The molecule has 4 rings (SSSR count). The summed E-state index contributed by atoms with van der Waals surface area (Å²) in [6.07, 6.45) is 4.75. The molecule has 1 aliphatic heterocycles. The number of rotatable bonds is 4. The molecular formula is C17H16N2O5. The van der Waals surface area contributed by atoms with Crippen molar-refractivity contribution in [3.05, 3.63) is 51.8 Å². The minimum absolute atomic E-state index is 0.126. The molecule has 0 radical (unpaired) electrons. The van der Waals surface area contributed by atoms with E-state index in [9.17, 15) is 14.7 Å². The number of fused-ring (bicyclic) bond motifs is 1. The molecule has 124 valence electrons. The van der Waals surface area contributed by atoms with E-state index in [1.807, 2.05) is 10.6 Å². The maximum atomic E-state index is 12.4. The Kier molecular flexibility index (Phi) is 3.40. The van der Waals surface area contributed by atoms with Crippen LogP contribution in [0.15, 0.2) is 35.3 Å². The topological polar surface area (TPSA) is 101 Å². The van der Waals surface area contributed by atoms with Crippen LogP contribution in [0, 0.1) is 0 Å². The van der Waals surface area contributed by atoms with Crippen LogP contribution >= 0.6 is 0 Å². The first kappa shape index (κ1) is 14.9. The highest BCUT2D eigenvalue weighted by Gasteiger charge is 2.27. The van der Waals surface area contributed by atoms with Gasteiger partial charge >= 0.3 is 5.97 Å². The van der Waals surface area contributed by atoms with E-state index in [4.69, 9.17) is 9.94 Å². The van der Waals surface area contributed by atoms with Gasteiger partial charge < -0.3 is 14.8 Å². The number of nitrogens with zero attached hydrogens (tertiary/aromatic N) is 1. The van der Waals surface area contributed by atoms with Crippen LogP contribution in [-0.4, -0.2) is 33.5 Å². The number of carboxylic acid groups (broad SMARTS) is 1. The predicted molar refractivity (Wildman–Crippen MR) is 86.5 cm³/mol. The molecule has 3 N–H and O–H groups in total. The van der Waals surface area contributed by atoms with Gasteiger partial charge in [-0.05, 0) is 31.1 Å². The van der Waals surface area contributed by atoms with Crippen molar-refractivity contribution in [3.63, 3.8) is 0 Å². The number of hydrogen-bond acceptors (Lipinski definition) is 5. The average molecular weight is 328 g/mol. The number of aliphatic hydroxyl groups excluding tert-OH is 1. The Hall–Kier alpha value is -2.64. The van der Waals surface area contributed by atoms with Crippen LogP contribution in [0.5, 0.6) is 0 Å². The summed E-state index contributed by atoms with van der Waals surface area (Å²) in [6, 6.07) is 5.47. The summed E-state index contributed by atoms with van der Waals surface area (Å²) in [5, 5.41) is 18.8. The first-order valence-electron chi connectivity index (χ1n) is 7.75. The Morgan fingerprint density at radius 1 is 1.38 bits per heavy atom. The lowest BCUT2D eigenvalue weighted by molar-refractivity contribution is 0.0173. The quantitative estimate of drug-likeness (QED) is 0.781. The number of hydrogen-bond donors (Lipinski definition) is 3. The molecule has 0 saturated heterocycles. The van der Waals surface area contributed by atoms with E-state index >= 15 is 0 Å². The molecule has 2 aromatic rings. The fraction of sp³-hybridized carbons (Fsp3) is 0.294. The number of hydroxylamine groups is 1. The van der Waals surface area contributed by atoms with Crippen LogP contribution in [0.25, 0.3) is 16.6 Å². The van der Waals surface area contributed by atoms with Crippen LogP contribution in [0.4, 0.5) is 0 Å². The fourth-order valence-corrected chi connectivity index (χ4v) is 2.96. The Morgan fingerprint density at radius 3 is 2.79 bits per heavy atom. The molecule has 1 aromatic carbocycles. The standard InChI is InChI=1S/C17H16N2O5/c20-8-11-6-14(18-24-11)9-1-4-12-15(5-9)19(10-2-3-10)7-13(16(12)21)17(22)23/h1,4-7,10-11,18,20H,2-3,8H2,(H,22,23). The van der Waals surface area contributed by atoms with Crippen LogP contribution < -0.4 is 10.9 Å². The number of aromatic nitrogens is 1. The fourth-order valence-electron chi connectivity index (χ4n) is 2.96. The second-order valence-electron chi connectivity index (χ2n) is 6.07. The summed E-state index contributed by atoms with van der Waals surface area (Å²) in [5.41, 5.74) is 4.33. The lowest BCUT2D eigenvalue weighted by Crippen LogP contribution is -2.19. The van der Waals surface area contributed by atoms with Crippen molar-refractivity contribution in [2.75, 3.05) is 6.61 Å². The molecule has 7 nitrogen and oxygen atoms in total. The number of benzene rings is 1. The molecule has 0 bridgehead atoms. The van der Waals surface area contributed by atoms with Gasteiger partial charge in [0.2, 0.25) is 5.43 Å². The van der Waals surface area contributed by atoms with Crippen molar-refractivity contribution in [2.45, 2.75) is 25.0 Å². The zero-order valence-corrected chi connectivity index (χ0v) is 12.7. The Bertz CT molecular complexity index is 926. The van der Waals surface area contributed by atoms with E-state index in [-0.39, 0.29) is 18.2 Å². The number of carbonyl (C=O) groups is 1. The summed E-state index contributed by atoms with van der Waals surface area (Å²) >= 11 is 0. The van der Waals surface area contributed by atoms with Crippen molar-refractivity contribution in [2.24, 2.45) is 0 Å². The molecule has 2 heterocycles. The highest BCUT2D eigenvalue weighted by Crippen LogP contribution is 2.37. The minimum Gasteiger partial charge on any atom is -0.477 e. The smallest absolute Gasteiger partial charge is 0.341 e. The molecule has 24 heavy (non-hydrogen) atoms. The summed E-state index contributed by atoms with van der Waals surface area (Å²) in [5.74, 6) is -1.21. The van der Waals surface area contributed by atoms with E-state index < -0.39 is 17.5 Å². The summed E-state index contributed by atoms with van der Waals surface area (Å²) in [6.45, 7) is -0.126. The maximum absolute atomic E-state index is 12.4. The molecule has 0 amide bonds. The van der Waals surface area contributed by atoms with Crippen molar-refractivity contribution >= 4 is 22.6 Å². The second kappa shape index (κ2) is 5.47. The average Bonchev–Trinajstić information content (AvgIpc) is 3.31. The van der Waals surface area contributed by atoms with Crippen LogP contribution in [0.3, 0.4) is 0 Å². The van der Waals surface area contributed by atoms with Gasteiger partial charge in [0.25, 0.3) is 0 Å². The van der Waals surface area contributed by atoms with E-state index in [2.05, 4.69) is 5.48 Å². The molecule has 1 aromatic heterocycles. The van der Waals surface area contributed by atoms with Crippen molar-refractivity contribution in [3.8, 4) is 0 Å².